The number of ether oxygens (including phenoxy) is 1. The molecule has 1 N–H and O–H groups in total. The smallest absolute Gasteiger partial charge is 0.416 e. The van der Waals surface area contributed by atoms with Crippen molar-refractivity contribution in [3.05, 3.63) is 53.1 Å². The number of benzene rings is 2. The second kappa shape index (κ2) is 10.7. The number of carbonyl (C=O) groups excluding carboxylic acids is 1. The lowest BCUT2D eigenvalue weighted by atomic mass is 10.1. The minimum Gasteiger partial charge on any atom is -0.445 e. The Morgan fingerprint density at radius 1 is 0.919 bits per heavy atom. The van der Waals surface area contributed by atoms with Crippen LogP contribution in [0.25, 0.3) is 11.0 Å². The third-order valence-electron chi connectivity index (χ3n) is 5.78. The minimum atomic E-state index is -4.98. The molecule has 1 fully saturated rings. The van der Waals surface area contributed by atoms with E-state index in [4.69, 9.17) is 4.74 Å². The van der Waals surface area contributed by atoms with Crippen LogP contribution in [-0.2, 0) is 34.5 Å². The molecule has 0 spiro atoms. The molecule has 3 aromatic rings. The number of halogens is 6. The molecule has 15 heteroatoms. The predicted molar refractivity (Wildman–Crippen MR) is 120 cm³/mol. The molecule has 8 nitrogen and oxygen atoms in total. The second-order valence-electron chi connectivity index (χ2n) is 8.32. The summed E-state index contributed by atoms with van der Waals surface area (Å²) in [4.78, 5) is 16.3. The topological polar surface area (TPSA) is 91.4 Å². The average Bonchev–Trinajstić information content (AvgIpc) is 3.33. The van der Waals surface area contributed by atoms with Crippen LogP contribution in [0.5, 0.6) is 0 Å². The van der Waals surface area contributed by atoms with Gasteiger partial charge in [-0.25, -0.2) is 4.79 Å². The van der Waals surface area contributed by atoms with E-state index in [9.17, 15) is 35.3 Å². The third-order valence-corrected chi connectivity index (χ3v) is 7.12. The van der Waals surface area contributed by atoms with Crippen molar-refractivity contribution in [2.24, 2.45) is 0 Å². The molecule has 4 rings (SSSR count). The number of H-pyrrole nitrogens is 1. The Kier molecular flexibility index (Phi) is 7.73. The fraction of sp³-hybridized carbons (Fsp3) is 0.409. The second-order valence-corrected chi connectivity index (χ2v) is 9.89. The number of carbonyl (C=O) groups is 1. The van der Waals surface area contributed by atoms with Gasteiger partial charge in [0.2, 0.25) is 0 Å². The minimum absolute atomic E-state index is 0.0181. The zero-order valence-corrected chi connectivity index (χ0v) is 19.9. The molecule has 0 unspecified atom stereocenters. The maximum absolute atomic E-state index is 13.0. The molecular formula is C22H21F6N5O3S. The molecule has 1 aliphatic heterocycles. The standard InChI is InChI=1S/C22H21F6N5O3S/c23-21(24,25)15-9-14(10-16(11-15)22(26,27)28)13-36-20(34)33-5-3-32(4-6-33)7-8-37(35)17-1-2-18-19(12-17)30-31-29-18/h1-2,9-12H,3-8,13H2,(H,29,30,31)/t37-/m0/s1. The number of aromatic nitrogens is 3. The number of fused-ring (bicyclic) bond motifs is 1. The maximum atomic E-state index is 13.0. The van der Waals surface area contributed by atoms with Crippen molar-refractivity contribution < 1.29 is 40.1 Å². The zero-order valence-electron chi connectivity index (χ0n) is 19.1. The quantitative estimate of drug-likeness (QED) is 0.467. The molecule has 1 amide bonds. The van der Waals surface area contributed by atoms with Gasteiger partial charge < -0.3 is 9.64 Å². The summed E-state index contributed by atoms with van der Waals surface area (Å²) in [6.07, 6.45) is -10.8. The molecule has 37 heavy (non-hydrogen) atoms. The maximum Gasteiger partial charge on any atom is 0.416 e. The summed E-state index contributed by atoms with van der Waals surface area (Å²) in [5.41, 5.74) is -2.09. The van der Waals surface area contributed by atoms with Crippen LogP contribution in [0.4, 0.5) is 31.1 Å². The predicted octanol–water partition coefficient (Wildman–Crippen LogP) is 4.06. The first-order chi connectivity index (χ1) is 17.4. The number of nitrogens with zero attached hydrogens (tertiary/aromatic N) is 4. The molecule has 0 saturated carbocycles. The first kappa shape index (κ1) is 26.9. The highest BCUT2D eigenvalue weighted by Crippen LogP contribution is 2.36. The number of rotatable bonds is 6. The summed E-state index contributed by atoms with van der Waals surface area (Å²) >= 11 is 0. The number of hydrogen-bond acceptors (Lipinski definition) is 6. The number of aromatic amines is 1. The van der Waals surface area contributed by atoms with E-state index < -0.39 is 52.5 Å². The highest BCUT2D eigenvalue weighted by Gasteiger charge is 2.37. The van der Waals surface area contributed by atoms with Crippen LogP contribution in [0.15, 0.2) is 41.3 Å². The van der Waals surface area contributed by atoms with Crippen molar-refractivity contribution in [3.63, 3.8) is 0 Å². The fourth-order valence-electron chi connectivity index (χ4n) is 3.78. The summed E-state index contributed by atoms with van der Waals surface area (Å²) in [5.74, 6) is 0.352. The Morgan fingerprint density at radius 2 is 1.54 bits per heavy atom. The summed E-state index contributed by atoms with van der Waals surface area (Å²) in [5, 5.41) is 10.4. The van der Waals surface area contributed by atoms with Gasteiger partial charge in [-0.05, 0) is 42.0 Å². The van der Waals surface area contributed by atoms with Crippen molar-refractivity contribution >= 4 is 27.9 Å². The molecule has 1 atom stereocenters. The van der Waals surface area contributed by atoms with Crippen LogP contribution in [-0.4, -0.2) is 74.0 Å². The van der Waals surface area contributed by atoms with Crippen LogP contribution in [0, 0.1) is 0 Å². The van der Waals surface area contributed by atoms with E-state index >= 15 is 0 Å². The Bertz CT molecular complexity index is 1260. The number of nitrogens with one attached hydrogen (secondary N) is 1. The Balaban J connectivity index is 1.26. The highest BCUT2D eigenvalue weighted by molar-refractivity contribution is 7.85. The highest BCUT2D eigenvalue weighted by atomic mass is 32.2. The molecule has 0 aliphatic carbocycles. The van der Waals surface area contributed by atoms with E-state index in [1.54, 1.807) is 18.2 Å². The number of hydrogen-bond donors (Lipinski definition) is 1. The van der Waals surface area contributed by atoms with Crippen LogP contribution in [0.1, 0.15) is 16.7 Å². The molecule has 200 valence electrons. The lowest BCUT2D eigenvalue weighted by Gasteiger charge is -2.34. The van der Waals surface area contributed by atoms with E-state index in [0.717, 1.165) is 0 Å². The van der Waals surface area contributed by atoms with Gasteiger partial charge in [-0.3, -0.25) is 9.11 Å². The lowest BCUT2D eigenvalue weighted by molar-refractivity contribution is -0.143. The van der Waals surface area contributed by atoms with Gasteiger partial charge in [0, 0.05) is 43.4 Å². The van der Waals surface area contributed by atoms with Crippen molar-refractivity contribution in [1.82, 2.24) is 25.2 Å². The zero-order chi connectivity index (χ0) is 26.8. The molecule has 0 bridgehead atoms. The monoisotopic (exact) mass is 549 g/mol. The van der Waals surface area contributed by atoms with E-state index in [0.29, 0.717) is 53.4 Å². The Labute approximate surface area is 209 Å². The number of amides is 1. The van der Waals surface area contributed by atoms with Gasteiger partial charge in [-0.15, -0.1) is 0 Å². The van der Waals surface area contributed by atoms with Crippen LogP contribution >= 0.6 is 0 Å². The van der Waals surface area contributed by atoms with Crippen molar-refractivity contribution in [2.45, 2.75) is 23.9 Å². The molecule has 1 aliphatic rings. The van der Waals surface area contributed by atoms with Crippen LogP contribution in [0.3, 0.4) is 0 Å². The van der Waals surface area contributed by atoms with Crippen LogP contribution in [0.2, 0.25) is 0 Å². The first-order valence-corrected chi connectivity index (χ1v) is 12.3. The Morgan fingerprint density at radius 3 is 2.16 bits per heavy atom. The number of piperazine rings is 1. The van der Waals surface area contributed by atoms with Crippen molar-refractivity contribution in [3.8, 4) is 0 Å². The molecule has 2 aromatic carbocycles. The van der Waals surface area contributed by atoms with Crippen molar-refractivity contribution in [1.29, 1.82) is 0 Å². The summed E-state index contributed by atoms with van der Waals surface area (Å²) in [6, 6.07) is 6.22. The normalized spacial score (nSPS) is 16.2. The summed E-state index contributed by atoms with van der Waals surface area (Å²) < 4.78 is 95.7. The van der Waals surface area contributed by atoms with Gasteiger partial charge >= 0.3 is 18.4 Å². The van der Waals surface area contributed by atoms with E-state index in [2.05, 4.69) is 15.4 Å². The van der Waals surface area contributed by atoms with Gasteiger partial charge in [-0.2, -0.15) is 41.8 Å². The number of alkyl halides is 6. The fourth-order valence-corrected chi connectivity index (χ4v) is 4.91. The van der Waals surface area contributed by atoms with Gasteiger partial charge in [-0.1, -0.05) is 0 Å². The van der Waals surface area contributed by atoms with Crippen LogP contribution < -0.4 is 0 Å². The first-order valence-electron chi connectivity index (χ1n) is 11.0. The van der Waals surface area contributed by atoms with Gasteiger partial charge in [0.25, 0.3) is 0 Å². The summed E-state index contributed by atoms with van der Waals surface area (Å²) in [6.45, 7) is 1.13. The molecular weight excluding hydrogens is 528 g/mol. The van der Waals surface area contributed by atoms with E-state index in [1.165, 1.54) is 4.90 Å². The SMILES string of the molecule is O=C(OCc1cc(C(F)(F)F)cc(C(F)(F)F)c1)N1CCN(CC[S@](=O)c2ccc3n[nH]nc3c2)CC1. The summed E-state index contributed by atoms with van der Waals surface area (Å²) in [7, 11) is -1.27. The van der Waals surface area contributed by atoms with Gasteiger partial charge in [0.05, 0.1) is 21.9 Å². The third kappa shape index (κ3) is 6.77. The molecule has 0 radical (unpaired) electrons. The molecule has 1 saturated heterocycles. The largest absolute Gasteiger partial charge is 0.445 e. The van der Waals surface area contributed by atoms with Gasteiger partial charge in [0.1, 0.15) is 17.6 Å². The lowest BCUT2D eigenvalue weighted by Crippen LogP contribution is -2.49. The molecule has 1 aromatic heterocycles. The van der Waals surface area contributed by atoms with Gasteiger partial charge in [0.15, 0.2) is 0 Å². The van der Waals surface area contributed by atoms with E-state index in [1.807, 2.05) is 4.90 Å². The average molecular weight is 549 g/mol. The van der Waals surface area contributed by atoms with E-state index in [-0.39, 0.29) is 19.2 Å². The van der Waals surface area contributed by atoms with Crippen molar-refractivity contribution in [2.75, 3.05) is 38.5 Å². The molecule has 2 heterocycles. The Hall–Kier alpha value is -3.20.